The lowest BCUT2D eigenvalue weighted by Crippen LogP contribution is -2.15. The minimum Gasteiger partial charge on any atom is -0.478 e. The monoisotopic (exact) mass is 335 g/mol. The predicted molar refractivity (Wildman–Crippen MR) is 86.5 cm³/mol. The average molecular weight is 335 g/mol. The molecule has 24 heavy (non-hydrogen) atoms. The molecule has 0 aliphatic heterocycles. The van der Waals surface area contributed by atoms with E-state index in [0.717, 1.165) is 16.7 Å². The van der Waals surface area contributed by atoms with E-state index in [1.807, 2.05) is 19.9 Å². The summed E-state index contributed by atoms with van der Waals surface area (Å²) in [6.45, 7) is 1.74. The lowest BCUT2D eigenvalue weighted by molar-refractivity contribution is -0.0505. The molecular formula is C18H19F2NO3. The number of rotatable bonds is 7. The highest BCUT2D eigenvalue weighted by molar-refractivity contribution is 5.87. The van der Waals surface area contributed by atoms with Crippen LogP contribution in [0, 0.1) is 13.8 Å². The molecule has 0 aromatic heterocycles. The zero-order valence-corrected chi connectivity index (χ0v) is 13.5. The van der Waals surface area contributed by atoms with E-state index in [1.54, 1.807) is 18.2 Å². The number of hydrogen-bond acceptors (Lipinski definition) is 3. The van der Waals surface area contributed by atoms with Crippen LogP contribution in [0.4, 0.5) is 8.78 Å². The number of aromatic carboxylic acids is 1. The molecule has 0 fully saturated rings. The Morgan fingerprint density at radius 1 is 1.12 bits per heavy atom. The van der Waals surface area contributed by atoms with Crippen LogP contribution in [0.2, 0.25) is 0 Å². The van der Waals surface area contributed by atoms with Gasteiger partial charge in [-0.25, -0.2) is 4.79 Å². The number of carbonyl (C=O) groups is 1. The van der Waals surface area contributed by atoms with Gasteiger partial charge in [-0.05, 0) is 48.7 Å². The van der Waals surface area contributed by atoms with Crippen molar-refractivity contribution in [3.63, 3.8) is 0 Å². The van der Waals surface area contributed by atoms with Crippen LogP contribution >= 0.6 is 0 Å². The molecule has 0 atom stereocenters. The van der Waals surface area contributed by atoms with Gasteiger partial charge in [0, 0.05) is 18.7 Å². The van der Waals surface area contributed by atoms with Crippen LogP contribution in [0.25, 0.3) is 0 Å². The molecule has 0 spiro atoms. The van der Waals surface area contributed by atoms with Gasteiger partial charge in [0.1, 0.15) is 5.75 Å². The summed E-state index contributed by atoms with van der Waals surface area (Å²) in [7, 11) is 0. The van der Waals surface area contributed by atoms with Gasteiger partial charge in [-0.1, -0.05) is 18.2 Å². The van der Waals surface area contributed by atoms with E-state index in [-0.39, 0.29) is 11.3 Å². The molecular weight excluding hydrogens is 316 g/mol. The van der Waals surface area contributed by atoms with Crippen LogP contribution in [0.5, 0.6) is 5.75 Å². The van der Waals surface area contributed by atoms with Gasteiger partial charge >= 0.3 is 12.6 Å². The Bertz CT molecular complexity index is 715. The highest BCUT2D eigenvalue weighted by atomic mass is 19.3. The molecule has 2 aromatic carbocycles. The molecule has 2 rings (SSSR count). The number of aryl methyl sites for hydroxylation is 2. The van der Waals surface area contributed by atoms with E-state index in [2.05, 4.69) is 10.1 Å². The van der Waals surface area contributed by atoms with Crippen molar-refractivity contribution in [2.24, 2.45) is 0 Å². The molecule has 0 saturated carbocycles. The molecule has 0 radical (unpaired) electrons. The van der Waals surface area contributed by atoms with E-state index in [9.17, 15) is 13.6 Å². The van der Waals surface area contributed by atoms with Crippen molar-refractivity contribution in [3.05, 3.63) is 64.2 Å². The number of halogens is 2. The highest BCUT2D eigenvalue weighted by Crippen LogP contribution is 2.25. The third-order valence-electron chi connectivity index (χ3n) is 3.74. The van der Waals surface area contributed by atoms with Gasteiger partial charge < -0.3 is 15.2 Å². The molecule has 4 nitrogen and oxygen atoms in total. The zero-order valence-electron chi connectivity index (χ0n) is 13.5. The first-order valence-corrected chi connectivity index (χ1v) is 7.44. The first-order chi connectivity index (χ1) is 11.4. The third kappa shape index (κ3) is 4.76. The second kappa shape index (κ2) is 7.88. The maximum absolute atomic E-state index is 12.5. The van der Waals surface area contributed by atoms with Crippen molar-refractivity contribution in [3.8, 4) is 5.75 Å². The highest BCUT2D eigenvalue weighted by Gasteiger charge is 2.11. The van der Waals surface area contributed by atoms with E-state index >= 15 is 0 Å². The number of hydrogen-bond donors (Lipinski definition) is 2. The molecule has 0 aliphatic rings. The average Bonchev–Trinajstić information content (AvgIpc) is 2.52. The Morgan fingerprint density at radius 2 is 1.75 bits per heavy atom. The second-order valence-corrected chi connectivity index (χ2v) is 5.53. The van der Waals surface area contributed by atoms with Crippen molar-refractivity contribution in [2.45, 2.75) is 33.5 Å². The summed E-state index contributed by atoms with van der Waals surface area (Å²) in [4.78, 5) is 10.8. The summed E-state index contributed by atoms with van der Waals surface area (Å²) in [5.74, 6) is -0.805. The van der Waals surface area contributed by atoms with Gasteiger partial charge in [0.25, 0.3) is 0 Å². The molecule has 0 bridgehead atoms. The van der Waals surface area contributed by atoms with Crippen molar-refractivity contribution < 1.29 is 23.4 Å². The van der Waals surface area contributed by atoms with Gasteiger partial charge in [-0.2, -0.15) is 8.78 Å². The van der Waals surface area contributed by atoms with Crippen LogP contribution in [-0.2, 0) is 13.1 Å². The van der Waals surface area contributed by atoms with Gasteiger partial charge in [0.05, 0.1) is 5.56 Å². The maximum Gasteiger partial charge on any atom is 0.387 e. The minimum atomic E-state index is -2.87. The lowest BCUT2D eigenvalue weighted by Gasteiger charge is -2.14. The summed E-state index contributed by atoms with van der Waals surface area (Å²) in [5.41, 5.74) is 3.67. The molecule has 0 saturated heterocycles. The largest absolute Gasteiger partial charge is 0.478 e. The fourth-order valence-electron chi connectivity index (χ4n) is 2.30. The maximum atomic E-state index is 12.5. The number of carboxylic acids is 1. The van der Waals surface area contributed by atoms with Gasteiger partial charge in [-0.3, -0.25) is 0 Å². The van der Waals surface area contributed by atoms with Crippen LogP contribution in [0.15, 0.2) is 36.4 Å². The number of carboxylic acid groups (broad SMARTS) is 1. The van der Waals surface area contributed by atoms with Crippen LogP contribution in [-0.4, -0.2) is 17.7 Å². The topological polar surface area (TPSA) is 58.6 Å². The Kier molecular flexibility index (Phi) is 5.87. The molecule has 2 aromatic rings. The Morgan fingerprint density at radius 3 is 2.33 bits per heavy atom. The lowest BCUT2D eigenvalue weighted by atomic mass is 10.0. The van der Waals surface area contributed by atoms with Crippen LogP contribution < -0.4 is 10.1 Å². The molecule has 0 unspecified atom stereocenters. The number of alkyl halides is 2. The van der Waals surface area contributed by atoms with Gasteiger partial charge in [-0.15, -0.1) is 0 Å². The molecule has 0 aliphatic carbocycles. The smallest absolute Gasteiger partial charge is 0.387 e. The summed E-state index contributed by atoms with van der Waals surface area (Å²) in [6, 6.07) is 9.93. The normalized spacial score (nSPS) is 10.9. The molecule has 2 N–H and O–H groups in total. The van der Waals surface area contributed by atoms with E-state index in [0.29, 0.717) is 18.7 Å². The fourth-order valence-corrected chi connectivity index (χ4v) is 2.30. The molecule has 0 amide bonds. The third-order valence-corrected chi connectivity index (χ3v) is 3.74. The number of benzene rings is 2. The summed E-state index contributed by atoms with van der Waals surface area (Å²) in [6.07, 6.45) is 0. The van der Waals surface area contributed by atoms with E-state index < -0.39 is 12.6 Å². The molecule has 6 heteroatoms. The summed E-state index contributed by atoms with van der Waals surface area (Å²) in [5, 5.41) is 12.0. The Hall–Kier alpha value is -2.47. The number of ether oxygens (including phenoxy) is 1. The van der Waals surface area contributed by atoms with Crippen LogP contribution in [0.3, 0.4) is 0 Å². The quantitative estimate of drug-likeness (QED) is 0.806. The first-order valence-electron chi connectivity index (χ1n) is 7.44. The van der Waals surface area contributed by atoms with Gasteiger partial charge in [0.15, 0.2) is 0 Å². The second-order valence-electron chi connectivity index (χ2n) is 5.53. The Labute approximate surface area is 139 Å². The molecule has 0 heterocycles. The zero-order chi connectivity index (χ0) is 17.7. The van der Waals surface area contributed by atoms with Crippen LogP contribution in [0.1, 0.15) is 32.6 Å². The van der Waals surface area contributed by atoms with E-state index in [1.165, 1.54) is 12.1 Å². The predicted octanol–water partition coefficient (Wildman–Crippen LogP) is 3.89. The van der Waals surface area contributed by atoms with Crippen molar-refractivity contribution in [2.75, 3.05) is 0 Å². The van der Waals surface area contributed by atoms with Crippen molar-refractivity contribution in [1.82, 2.24) is 5.32 Å². The summed E-state index contributed by atoms with van der Waals surface area (Å²) < 4.78 is 29.7. The van der Waals surface area contributed by atoms with E-state index in [4.69, 9.17) is 5.11 Å². The fraction of sp³-hybridized carbons (Fsp3) is 0.278. The van der Waals surface area contributed by atoms with Crippen molar-refractivity contribution in [1.29, 1.82) is 0 Å². The van der Waals surface area contributed by atoms with Gasteiger partial charge in [0.2, 0.25) is 0 Å². The SMILES string of the molecule is Cc1cc(CNCc2ccc(C(=O)O)cc2)c(OC(F)F)cc1C. The number of nitrogens with one attached hydrogen (secondary N) is 1. The first kappa shape index (κ1) is 17.9. The minimum absolute atomic E-state index is 0.168. The Balaban J connectivity index is 2.03. The standard InChI is InChI=1S/C18H19F2NO3/c1-11-7-15(16(8-12(11)2)24-18(19)20)10-21-9-13-3-5-14(6-4-13)17(22)23/h3-8,18,21H,9-10H2,1-2H3,(H,22,23). The van der Waals surface area contributed by atoms with Crippen molar-refractivity contribution >= 4 is 5.97 Å². The molecule has 128 valence electrons. The summed E-state index contributed by atoms with van der Waals surface area (Å²) >= 11 is 0.